The van der Waals surface area contributed by atoms with Crippen LogP contribution in [0.2, 0.25) is 0 Å². The Kier molecular flexibility index (Phi) is 6.59. The minimum absolute atomic E-state index is 0.286. The summed E-state index contributed by atoms with van der Waals surface area (Å²) in [5, 5.41) is 0. The molecule has 41 heavy (non-hydrogen) atoms. The number of rotatable bonds is 6. The molecule has 8 nitrogen and oxygen atoms in total. The molecule has 0 radical (unpaired) electrons. The van der Waals surface area contributed by atoms with Crippen molar-refractivity contribution in [3.63, 3.8) is 0 Å². The molecule has 0 aliphatic rings. The van der Waals surface area contributed by atoms with Gasteiger partial charge in [0.1, 0.15) is 11.6 Å². The van der Waals surface area contributed by atoms with E-state index in [1.165, 1.54) is 20.3 Å². The number of aryl methyl sites for hydroxylation is 2. The number of fused-ring (bicyclic) bond motifs is 2. The van der Waals surface area contributed by atoms with Crippen LogP contribution in [-0.4, -0.2) is 45.3 Å². The summed E-state index contributed by atoms with van der Waals surface area (Å²) >= 11 is 0. The Labute approximate surface area is 236 Å². The zero-order chi connectivity index (χ0) is 28.7. The average Bonchev–Trinajstić information content (AvgIpc) is 3.51. The molecule has 0 spiro atoms. The molecule has 204 valence electrons. The van der Waals surface area contributed by atoms with Gasteiger partial charge < -0.3 is 18.6 Å². The highest BCUT2D eigenvalue weighted by Gasteiger charge is 2.18. The lowest BCUT2D eigenvalue weighted by atomic mass is 9.96. The standard InChI is InChI=1S/C33H28N4O4/c1-20-34-28-16-14-23(31-35-27-7-5-6-8-29(27)36(31)2)18-30(28)37(20)19-21-9-11-22(12-10-21)25-15-13-24(32(38)40-3)17-26(25)33(39)41-4/h5-18H,19H2,1-4H3. The third kappa shape index (κ3) is 4.63. The minimum Gasteiger partial charge on any atom is -0.465 e. The van der Waals surface area contributed by atoms with Crippen molar-refractivity contribution in [3.8, 4) is 22.5 Å². The number of carbonyl (C=O) groups is 2. The number of hydrogen-bond acceptors (Lipinski definition) is 6. The Balaban J connectivity index is 1.33. The van der Waals surface area contributed by atoms with Gasteiger partial charge in [0, 0.05) is 19.2 Å². The maximum atomic E-state index is 12.5. The number of hydrogen-bond donors (Lipinski definition) is 0. The molecule has 0 saturated carbocycles. The first-order valence-electron chi connectivity index (χ1n) is 13.2. The first-order valence-corrected chi connectivity index (χ1v) is 13.2. The summed E-state index contributed by atoms with van der Waals surface area (Å²) in [6, 6.07) is 27.3. The Morgan fingerprint density at radius 1 is 0.756 bits per heavy atom. The summed E-state index contributed by atoms with van der Waals surface area (Å²) in [5.41, 5.74) is 8.20. The summed E-state index contributed by atoms with van der Waals surface area (Å²) in [6.07, 6.45) is 0. The summed E-state index contributed by atoms with van der Waals surface area (Å²) in [5.74, 6) is 0.783. The number of carbonyl (C=O) groups excluding carboxylic acids is 2. The largest absolute Gasteiger partial charge is 0.465 e. The maximum Gasteiger partial charge on any atom is 0.338 e. The van der Waals surface area contributed by atoms with Crippen LogP contribution in [0.15, 0.2) is 84.9 Å². The van der Waals surface area contributed by atoms with Gasteiger partial charge in [-0.05, 0) is 66.1 Å². The van der Waals surface area contributed by atoms with E-state index in [0.29, 0.717) is 17.7 Å². The molecule has 0 saturated heterocycles. The van der Waals surface area contributed by atoms with Crippen LogP contribution in [-0.2, 0) is 23.1 Å². The third-order valence-corrected chi connectivity index (χ3v) is 7.44. The van der Waals surface area contributed by atoms with E-state index in [9.17, 15) is 9.59 Å². The van der Waals surface area contributed by atoms with E-state index >= 15 is 0 Å². The molecular formula is C33H28N4O4. The predicted molar refractivity (Wildman–Crippen MR) is 158 cm³/mol. The van der Waals surface area contributed by atoms with Gasteiger partial charge in [-0.1, -0.05) is 42.5 Å². The van der Waals surface area contributed by atoms with Gasteiger partial charge >= 0.3 is 11.9 Å². The highest BCUT2D eigenvalue weighted by molar-refractivity contribution is 6.01. The van der Waals surface area contributed by atoms with Gasteiger partial charge in [-0.15, -0.1) is 0 Å². The number of benzene rings is 4. The Bertz CT molecular complexity index is 1950. The van der Waals surface area contributed by atoms with Gasteiger partial charge in [-0.25, -0.2) is 19.6 Å². The number of imidazole rings is 2. The fraction of sp³-hybridized carbons (Fsp3) is 0.152. The zero-order valence-electron chi connectivity index (χ0n) is 23.2. The lowest BCUT2D eigenvalue weighted by Gasteiger charge is -2.12. The van der Waals surface area contributed by atoms with Gasteiger partial charge in [0.05, 0.1) is 47.4 Å². The van der Waals surface area contributed by atoms with E-state index in [1.807, 2.05) is 62.5 Å². The smallest absolute Gasteiger partial charge is 0.338 e. The molecule has 0 fully saturated rings. The summed E-state index contributed by atoms with van der Waals surface area (Å²) in [7, 11) is 4.66. The number of nitrogens with zero attached hydrogens (tertiary/aromatic N) is 4. The Morgan fingerprint density at radius 2 is 1.46 bits per heavy atom. The first-order chi connectivity index (χ1) is 19.9. The van der Waals surface area contributed by atoms with E-state index < -0.39 is 11.9 Å². The van der Waals surface area contributed by atoms with E-state index in [1.54, 1.807) is 12.1 Å². The molecule has 0 unspecified atom stereocenters. The van der Waals surface area contributed by atoms with Crippen LogP contribution in [0.5, 0.6) is 0 Å². The third-order valence-electron chi connectivity index (χ3n) is 7.44. The Morgan fingerprint density at radius 3 is 2.20 bits per heavy atom. The van der Waals surface area contributed by atoms with Crippen molar-refractivity contribution < 1.29 is 19.1 Å². The molecule has 6 aromatic rings. The number of esters is 2. The summed E-state index contributed by atoms with van der Waals surface area (Å²) in [4.78, 5) is 34.2. The van der Waals surface area contributed by atoms with Crippen molar-refractivity contribution in [3.05, 3.63) is 107 Å². The molecule has 0 bridgehead atoms. The minimum atomic E-state index is -0.522. The SMILES string of the molecule is COC(=O)c1ccc(-c2ccc(Cn3c(C)nc4ccc(-c5nc6ccccc6n5C)cc43)cc2)c(C(=O)OC)c1. The van der Waals surface area contributed by atoms with Crippen molar-refractivity contribution in [1.82, 2.24) is 19.1 Å². The van der Waals surface area contributed by atoms with Gasteiger partial charge in [-0.2, -0.15) is 0 Å². The molecule has 2 heterocycles. The molecule has 0 atom stereocenters. The van der Waals surface area contributed by atoms with Gasteiger partial charge in [-0.3, -0.25) is 0 Å². The van der Waals surface area contributed by atoms with Crippen molar-refractivity contribution in [2.75, 3.05) is 14.2 Å². The van der Waals surface area contributed by atoms with Gasteiger partial charge in [0.15, 0.2) is 0 Å². The molecule has 0 aliphatic carbocycles. The van der Waals surface area contributed by atoms with Crippen LogP contribution < -0.4 is 0 Å². The first kappa shape index (κ1) is 26.0. The van der Waals surface area contributed by atoms with E-state index in [2.05, 4.69) is 27.3 Å². The molecule has 8 heteroatoms. The van der Waals surface area contributed by atoms with Crippen molar-refractivity contribution in [1.29, 1.82) is 0 Å². The lowest BCUT2D eigenvalue weighted by Crippen LogP contribution is -2.08. The van der Waals surface area contributed by atoms with Gasteiger partial charge in [0.25, 0.3) is 0 Å². The molecule has 4 aromatic carbocycles. The lowest BCUT2D eigenvalue weighted by molar-refractivity contribution is 0.0600. The van der Waals surface area contributed by atoms with E-state index in [4.69, 9.17) is 19.4 Å². The van der Waals surface area contributed by atoms with Crippen molar-refractivity contribution in [2.45, 2.75) is 13.5 Å². The average molecular weight is 545 g/mol. The van der Waals surface area contributed by atoms with Crippen LogP contribution >= 0.6 is 0 Å². The summed E-state index contributed by atoms with van der Waals surface area (Å²) < 4.78 is 14.1. The second-order valence-electron chi connectivity index (χ2n) is 9.87. The molecule has 2 aromatic heterocycles. The topological polar surface area (TPSA) is 88.2 Å². The monoisotopic (exact) mass is 544 g/mol. The molecule has 0 N–H and O–H groups in total. The molecule has 6 rings (SSSR count). The van der Waals surface area contributed by atoms with E-state index in [0.717, 1.165) is 50.4 Å². The highest BCUT2D eigenvalue weighted by atomic mass is 16.5. The second kappa shape index (κ2) is 10.4. The Hall–Kier alpha value is -5.24. The van der Waals surface area contributed by atoms with Crippen molar-refractivity contribution in [2.24, 2.45) is 7.05 Å². The van der Waals surface area contributed by atoms with Crippen LogP contribution in [0.4, 0.5) is 0 Å². The van der Waals surface area contributed by atoms with Crippen LogP contribution in [0.3, 0.4) is 0 Å². The fourth-order valence-corrected chi connectivity index (χ4v) is 5.28. The van der Waals surface area contributed by atoms with E-state index in [-0.39, 0.29) is 5.56 Å². The molecular weight excluding hydrogens is 516 g/mol. The quantitative estimate of drug-likeness (QED) is 0.233. The number of methoxy groups -OCH3 is 2. The predicted octanol–water partition coefficient (Wildman–Crippen LogP) is 6.19. The van der Waals surface area contributed by atoms with Crippen LogP contribution in [0.1, 0.15) is 32.1 Å². The molecule has 0 amide bonds. The zero-order valence-corrected chi connectivity index (χ0v) is 23.2. The number of aromatic nitrogens is 4. The number of para-hydroxylation sites is 2. The summed E-state index contributed by atoms with van der Waals surface area (Å²) in [6.45, 7) is 2.63. The highest BCUT2D eigenvalue weighted by Crippen LogP contribution is 2.29. The number of ether oxygens (including phenoxy) is 2. The fourth-order valence-electron chi connectivity index (χ4n) is 5.28. The van der Waals surface area contributed by atoms with Crippen molar-refractivity contribution >= 4 is 34.0 Å². The normalized spacial score (nSPS) is 11.2. The van der Waals surface area contributed by atoms with Crippen LogP contribution in [0, 0.1) is 6.92 Å². The van der Waals surface area contributed by atoms with Crippen LogP contribution in [0.25, 0.3) is 44.6 Å². The maximum absolute atomic E-state index is 12.5. The van der Waals surface area contributed by atoms with Gasteiger partial charge in [0.2, 0.25) is 0 Å². The molecule has 0 aliphatic heterocycles. The second-order valence-corrected chi connectivity index (χ2v) is 9.87.